The molecule has 1 unspecified atom stereocenters. The molecule has 0 bridgehead atoms. The molecule has 1 aliphatic rings. The molecule has 0 heterocycles. The van der Waals surface area contributed by atoms with Crippen LogP contribution in [0, 0.1) is 0 Å². The van der Waals surface area contributed by atoms with Crippen LogP contribution in [0.4, 0.5) is 17.1 Å². The zero-order valence-corrected chi connectivity index (χ0v) is 34.0. The van der Waals surface area contributed by atoms with Crippen LogP contribution >= 0.6 is 0 Å². The molecule has 10 aromatic carbocycles. The molecule has 1 atom stereocenters. The van der Waals surface area contributed by atoms with E-state index in [1.54, 1.807) is 0 Å². The number of benzene rings is 10. The predicted molar refractivity (Wildman–Crippen MR) is 258 cm³/mol. The van der Waals surface area contributed by atoms with Gasteiger partial charge in [-0.15, -0.1) is 0 Å². The SMILES string of the molecule is CC1(c2ccccc2)c2ccccc2-c2c(N(c3cccc(-c4ccc(-c5ccc6ccccc6c5)cc4)c3)c3ccccc3-c3ccccc3-c3ccccc3)cccc21. The molecule has 1 nitrogen and oxygen atoms in total. The summed E-state index contributed by atoms with van der Waals surface area (Å²) >= 11 is 0. The van der Waals surface area contributed by atoms with E-state index in [4.69, 9.17) is 0 Å². The lowest BCUT2D eigenvalue weighted by Crippen LogP contribution is -2.22. The van der Waals surface area contributed by atoms with Crippen molar-refractivity contribution < 1.29 is 0 Å². The molecule has 11 rings (SSSR count). The quantitative estimate of drug-likeness (QED) is 0.149. The summed E-state index contributed by atoms with van der Waals surface area (Å²) in [5.41, 5.74) is 19.0. The van der Waals surface area contributed by atoms with E-state index in [9.17, 15) is 0 Å². The molecule has 0 saturated heterocycles. The Hall–Kier alpha value is -7.74. The van der Waals surface area contributed by atoms with Crippen molar-refractivity contribution in [3.05, 3.63) is 259 Å². The summed E-state index contributed by atoms with van der Waals surface area (Å²) in [5, 5.41) is 2.51. The summed E-state index contributed by atoms with van der Waals surface area (Å²) in [6.07, 6.45) is 0. The van der Waals surface area contributed by atoms with Gasteiger partial charge in [0, 0.05) is 22.2 Å². The molecule has 0 aliphatic heterocycles. The van der Waals surface area contributed by atoms with Gasteiger partial charge in [-0.1, -0.05) is 212 Å². The molecule has 1 aliphatic carbocycles. The van der Waals surface area contributed by atoms with E-state index in [1.807, 2.05) is 0 Å². The lowest BCUT2D eigenvalue weighted by Gasteiger charge is -2.32. The molecule has 10 aromatic rings. The minimum absolute atomic E-state index is 0.330. The normalized spacial score (nSPS) is 14.0. The van der Waals surface area contributed by atoms with Crippen molar-refractivity contribution in [2.75, 3.05) is 4.90 Å². The van der Waals surface area contributed by atoms with Gasteiger partial charge >= 0.3 is 0 Å². The Bertz CT molecular complexity index is 3200. The number of hydrogen-bond acceptors (Lipinski definition) is 1. The van der Waals surface area contributed by atoms with E-state index in [0.717, 1.165) is 22.6 Å². The maximum absolute atomic E-state index is 2.51. The molecule has 61 heavy (non-hydrogen) atoms. The summed E-state index contributed by atoms with van der Waals surface area (Å²) in [5.74, 6) is 0. The topological polar surface area (TPSA) is 3.24 Å². The second kappa shape index (κ2) is 15.1. The summed E-state index contributed by atoms with van der Waals surface area (Å²) in [6, 6.07) is 88.8. The maximum atomic E-state index is 2.51. The molecular weight excluding hydrogens is 735 g/mol. The molecule has 0 radical (unpaired) electrons. The fourth-order valence-corrected chi connectivity index (χ4v) is 9.73. The van der Waals surface area contributed by atoms with Gasteiger partial charge in [0.25, 0.3) is 0 Å². The van der Waals surface area contributed by atoms with Gasteiger partial charge in [0.15, 0.2) is 0 Å². The Balaban J connectivity index is 1.11. The Morgan fingerprint density at radius 2 is 0.836 bits per heavy atom. The van der Waals surface area contributed by atoms with Gasteiger partial charge in [-0.2, -0.15) is 0 Å². The zero-order chi connectivity index (χ0) is 40.8. The van der Waals surface area contributed by atoms with Crippen molar-refractivity contribution in [3.63, 3.8) is 0 Å². The fourth-order valence-electron chi connectivity index (χ4n) is 9.73. The average molecular weight is 778 g/mol. The van der Waals surface area contributed by atoms with Crippen LogP contribution in [-0.4, -0.2) is 0 Å². The van der Waals surface area contributed by atoms with Crippen molar-refractivity contribution in [1.29, 1.82) is 0 Å². The van der Waals surface area contributed by atoms with Crippen molar-refractivity contribution in [3.8, 4) is 55.6 Å². The van der Waals surface area contributed by atoms with Crippen molar-refractivity contribution >= 4 is 27.8 Å². The van der Waals surface area contributed by atoms with Gasteiger partial charge in [0.05, 0.1) is 11.4 Å². The van der Waals surface area contributed by atoms with Crippen LogP contribution in [0.2, 0.25) is 0 Å². The molecule has 1 heteroatoms. The average Bonchev–Trinajstić information content (AvgIpc) is 3.61. The van der Waals surface area contributed by atoms with Crippen LogP contribution in [0.25, 0.3) is 66.4 Å². The molecule has 0 aromatic heterocycles. The molecule has 0 amide bonds. The number of rotatable bonds is 8. The summed E-state index contributed by atoms with van der Waals surface area (Å²) in [6.45, 7) is 2.40. The van der Waals surface area contributed by atoms with Gasteiger partial charge in [-0.05, 0) is 109 Å². The Morgan fingerprint density at radius 3 is 1.61 bits per heavy atom. The van der Waals surface area contributed by atoms with Gasteiger partial charge in [-0.25, -0.2) is 0 Å². The highest BCUT2D eigenvalue weighted by atomic mass is 15.1. The number of para-hydroxylation sites is 1. The first kappa shape index (κ1) is 36.3. The number of anilines is 3. The first-order valence-corrected chi connectivity index (χ1v) is 21.2. The van der Waals surface area contributed by atoms with Gasteiger partial charge in [0.1, 0.15) is 0 Å². The largest absolute Gasteiger partial charge is 0.309 e. The first-order chi connectivity index (χ1) is 30.1. The molecule has 0 fully saturated rings. The molecule has 0 saturated carbocycles. The smallest absolute Gasteiger partial charge is 0.0543 e. The second-order valence-corrected chi connectivity index (χ2v) is 16.2. The standard InChI is InChI=1S/C60H43N/c1-60(49-23-6-3-7-24-49)55-30-14-12-29-54(55)59-56(60)31-17-33-58(59)61(57-32-15-13-28-53(57)52-27-11-10-26-51(52)45-19-4-2-5-20-45)50-25-16-22-47(41-50)43-34-36-44(37-35-43)48-39-38-42-18-8-9-21-46(42)40-48/h2-41H,1H3. The lowest BCUT2D eigenvalue weighted by molar-refractivity contribution is 0.714. The summed E-state index contributed by atoms with van der Waals surface area (Å²) < 4.78 is 0. The predicted octanol–water partition coefficient (Wildman–Crippen LogP) is 16.3. The van der Waals surface area contributed by atoms with Gasteiger partial charge in [0.2, 0.25) is 0 Å². The van der Waals surface area contributed by atoms with Crippen molar-refractivity contribution in [2.24, 2.45) is 0 Å². The monoisotopic (exact) mass is 777 g/mol. The molecule has 0 N–H and O–H groups in total. The van der Waals surface area contributed by atoms with E-state index < -0.39 is 0 Å². The van der Waals surface area contributed by atoms with Crippen LogP contribution in [-0.2, 0) is 5.41 Å². The highest BCUT2D eigenvalue weighted by Gasteiger charge is 2.42. The molecular formula is C60H43N. The van der Waals surface area contributed by atoms with E-state index in [1.165, 1.54) is 77.5 Å². The van der Waals surface area contributed by atoms with Crippen LogP contribution < -0.4 is 4.90 Å². The van der Waals surface area contributed by atoms with Crippen molar-refractivity contribution in [1.82, 2.24) is 0 Å². The highest BCUT2D eigenvalue weighted by Crippen LogP contribution is 2.57. The fraction of sp³-hybridized carbons (Fsp3) is 0.0333. The molecule has 0 spiro atoms. The Kier molecular flexibility index (Phi) is 9.02. The number of fused-ring (bicyclic) bond motifs is 4. The van der Waals surface area contributed by atoms with Crippen LogP contribution in [0.3, 0.4) is 0 Å². The zero-order valence-electron chi connectivity index (χ0n) is 34.0. The third kappa shape index (κ3) is 6.26. The summed E-state index contributed by atoms with van der Waals surface area (Å²) in [4.78, 5) is 2.51. The molecule has 288 valence electrons. The number of nitrogens with zero attached hydrogens (tertiary/aromatic N) is 1. The third-order valence-electron chi connectivity index (χ3n) is 12.8. The van der Waals surface area contributed by atoms with Gasteiger partial charge in [-0.3, -0.25) is 0 Å². The third-order valence-corrected chi connectivity index (χ3v) is 12.8. The first-order valence-electron chi connectivity index (χ1n) is 21.2. The van der Waals surface area contributed by atoms with E-state index in [2.05, 4.69) is 254 Å². The maximum Gasteiger partial charge on any atom is 0.0543 e. The minimum atomic E-state index is -0.330. The number of hydrogen-bond donors (Lipinski definition) is 0. The van der Waals surface area contributed by atoms with E-state index >= 15 is 0 Å². The van der Waals surface area contributed by atoms with Gasteiger partial charge < -0.3 is 4.90 Å². The highest BCUT2D eigenvalue weighted by molar-refractivity contribution is 6.00. The van der Waals surface area contributed by atoms with Crippen LogP contribution in [0.1, 0.15) is 23.6 Å². The van der Waals surface area contributed by atoms with Crippen molar-refractivity contribution in [2.45, 2.75) is 12.3 Å². The Morgan fingerprint density at radius 1 is 0.311 bits per heavy atom. The summed E-state index contributed by atoms with van der Waals surface area (Å²) in [7, 11) is 0. The van der Waals surface area contributed by atoms with Crippen LogP contribution in [0.5, 0.6) is 0 Å². The second-order valence-electron chi connectivity index (χ2n) is 16.2. The Labute approximate surface area is 358 Å². The van der Waals surface area contributed by atoms with E-state index in [-0.39, 0.29) is 5.41 Å². The van der Waals surface area contributed by atoms with Crippen LogP contribution in [0.15, 0.2) is 243 Å². The van der Waals surface area contributed by atoms with E-state index in [0.29, 0.717) is 0 Å². The minimum Gasteiger partial charge on any atom is -0.309 e. The lowest BCUT2D eigenvalue weighted by atomic mass is 9.74.